The van der Waals surface area contributed by atoms with E-state index in [4.69, 9.17) is 10.5 Å². The van der Waals surface area contributed by atoms with E-state index in [9.17, 15) is 0 Å². The molecule has 86 valence electrons. The number of nitrogens with two attached hydrogens (primary N) is 1. The lowest BCUT2D eigenvalue weighted by Crippen LogP contribution is -2.56. The van der Waals surface area contributed by atoms with Gasteiger partial charge in [0.05, 0.1) is 12.6 Å². The Hall–Kier alpha value is -0.560. The Morgan fingerprint density at radius 2 is 2.40 bits per heavy atom. The molecular formula is C12H22N2O. The van der Waals surface area contributed by atoms with Crippen molar-refractivity contribution in [1.29, 1.82) is 0 Å². The van der Waals surface area contributed by atoms with Crippen LogP contribution in [0.4, 0.5) is 0 Å². The van der Waals surface area contributed by atoms with E-state index in [1.807, 2.05) is 6.92 Å². The van der Waals surface area contributed by atoms with Gasteiger partial charge in [0.1, 0.15) is 0 Å². The highest BCUT2D eigenvalue weighted by Crippen LogP contribution is 2.25. The highest BCUT2D eigenvalue weighted by molar-refractivity contribution is 5.02. The summed E-state index contributed by atoms with van der Waals surface area (Å²) in [6.07, 6.45) is 3.41. The summed E-state index contributed by atoms with van der Waals surface area (Å²) in [4.78, 5) is 0. The monoisotopic (exact) mass is 210 g/mol. The second kappa shape index (κ2) is 6.12. The minimum absolute atomic E-state index is 0.0444. The first-order valence-corrected chi connectivity index (χ1v) is 5.72. The Bertz CT molecular complexity index is 244. The van der Waals surface area contributed by atoms with E-state index >= 15 is 0 Å². The van der Waals surface area contributed by atoms with Gasteiger partial charge in [0.15, 0.2) is 0 Å². The molecule has 2 atom stereocenters. The average molecular weight is 210 g/mol. The van der Waals surface area contributed by atoms with Crippen molar-refractivity contribution in [3.05, 3.63) is 0 Å². The maximum Gasteiger partial charge on any atom is 0.0590 e. The van der Waals surface area contributed by atoms with E-state index < -0.39 is 0 Å². The molecule has 15 heavy (non-hydrogen) atoms. The number of hydrogen-bond acceptors (Lipinski definition) is 3. The summed E-state index contributed by atoms with van der Waals surface area (Å²) in [5, 5.41) is 3.47. The third-order valence-electron chi connectivity index (χ3n) is 3.13. The van der Waals surface area contributed by atoms with Crippen LogP contribution >= 0.6 is 0 Å². The van der Waals surface area contributed by atoms with Gasteiger partial charge in [-0.05, 0) is 26.2 Å². The molecule has 0 saturated carbocycles. The fourth-order valence-corrected chi connectivity index (χ4v) is 2.02. The number of rotatable bonds is 4. The molecule has 0 spiro atoms. The molecule has 1 rings (SSSR count). The molecule has 3 N–H and O–H groups in total. The molecule has 1 heterocycles. The molecule has 2 unspecified atom stereocenters. The minimum atomic E-state index is 0.0444. The molecule has 0 amide bonds. The van der Waals surface area contributed by atoms with E-state index in [1.165, 1.54) is 0 Å². The summed E-state index contributed by atoms with van der Waals surface area (Å²) in [6.45, 7) is 6.21. The standard InChI is InChI=1S/C12H22N2O/c1-3-5-7-14-12(10-13)6-8-15-11(4-2)9-12/h11,14H,4,6-10,13H2,1-2H3. The van der Waals surface area contributed by atoms with Crippen LogP contribution in [0.3, 0.4) is 0 Å². The molecule has 0 radical (unpaired) electrons. The van der Waals surface area contributed by atoms with E-state index in [0.29, 0.717) is 12.6 Å². The van der Waals surface area contributed by atoms with E-state index in [1.54, 1.807) is 0 Å². The van der Waals surface area contributed by atoms with Gasteiger partial charge in [-0.15, -0.1) is 5.92 Å². The summed E-state index contributed by atoms with van der Waals surface area (Å²) < 4.78 is 5.66. The van der Waals surface area contributed by atoms with E-state index in [0.717, 1.165) is 32.4 Å². The van der Waals surface area contributed by atoms with Gasteiger partial charge >= 0.3 is 0 Å². The van der Waals surface area contributed by atoms with Crippen molar-refractivity contribution >= 4 is 0 Å². The van der Waals surface area contributed by atoms with Crippen molar-refractivity contribution in [2.75, 3.05) is 19.7 Å². The first-order valence-electron chi connectivity index (χ1n) is 5.72. The molecule has 0 aromatic heterocycles. The van der Waals surface area contributed by atoms with Crippen molar-refractivity contribution in [2.24, 2.45) is 5.73 Å². The Morgan fingerprint density at radius 1 is 1.60 bits per heavy atom. The summed E-state index contributed by atoms with van der Waals surface area (Å²) in [7, 11) is 0. The fourth-order valence-electron chi connectivity index (χ4n) is 2.02. The van der Waals surface area contributed by atoms with Gasteiger partial charge in [-0.3, -0.25) is 5.32 Å². The summed E-state index contributed by atoms with van der Waals surface area (Å²) in [6, 6.07) is 0. The Balaban J connectivity index is 2.52. The lowest BCUT2D eigenvalue weighted by molar-refractivity contribution is -0.0269. The molecule has 0 aliphatic carbocycles. The second-order valence-corrected chi connectivity index (χ2v) is 4.12. The third-order valence-corrected chi connectivity index (χ3v) is 3.13. The van der Waals surface area contributed by atoms with E-state index in [-0.39, 0.29) is 5.54 Å². The summed E-state index contributed by atoms with van der Waals surface area (Å²) in [5.41, 5.74) is 5.92. The maximum atomic E-state index is 5.87. The molecule has 0 aromatic carbocycles. The average Bonchev–Trinajstić information content (AvgIpc) is 2.30. The fraction of sp³-hybridized carbons (Fsp3) is 0.833. The molecule has 1 aliphatic heterocycles. The molecule has 0 bridgehead atoms. The SMILES string of the molecule is CC#CCNC1(CN)CCOC(CC)C1. The zero-order chi connectivity index (χ0) is 11.1. The van der Waals surface area contributed by atoms with Gasteiger partial charge in [0.25, 0.3) is 0 Å². The zero-order valence-corrected chi connectivity index (χ0v) is 9.81. The molecule has 1 fully saturated rings. The van der Waals surface area contributed by atoms with Crippen molar-refractivity contribution in [3.8, 4) is 11.8 Å². The molecule has 1 aliphatic rings. The molecule has 0 aromatic rings. The van der Waals surface area contributed by atoms with Crippen LogP contribution in [0.15, 0.2) is 0 Å². The number of hydrogen-bond donors (Lipinski definition) is 2. The van der Waals surface area contributed by atoms with Crippen LogP contribution in [-0.4, -0.2) is 31.3 Å². The summed E-state index contributed by atoms with van der Waals surface area (Å²) >= 11 is 0. The van der Waals surface area contributed by atoms with Crippen LogP contribution in [0, 0.1) is 11.8 Å². The van der Waals surface area contributed by atoms with Crippen LogP contribution in [-0.2, 0) is 4.74 Å². The molecular weight excluding hydrogens is 188 g/mol. The predicted octanol–water partition coefficient (Wildman–Crippen LogP) is 0.886. The molecule has 1 saturated heterocycles. The van der Waals surface area contributed by atoms with Crippen LogP contribution in [0.25, 0.3) is 0 Å². The summed E-state index contributed by atoms with van der Waals surface area (Å²) in [5.74, 6) is 5.92. The van der Waals surface area contributed by atoms with Crippen LogP contribution in [0.2, 0.25) is 0 Å². The largest absolute Gasteiger partial charge is 0.378 e. The van der Waals surface area contributed by atoms with Crippen molar-refractivity contribution in [1.82, 2.24) is 5.32 Å². The van der Waals surface area contributed by atoms with Gasteiger partial charge in [-0.2, -0.15) is 0 Å². The Morgan fingerprint density at radius 3 is 3.00 bits per heavy atom. The first kappa shape index (κ1) is 12.5. The third kappa shape index (κ3) is 3.49. The number of ether oxygens (including phenoxy) is 1. The van der Waals surface area contributed by atoms with Crippen LogP contribution in [0.5, 0.6) is 0 Å². The first-order chi connectivity index (χ1) is 7.26. The highest BCUT2D eigenvalue weighted by atomic mass is 16.5. The van der Waals surface area contributed by atoms with Gasteiger partial charge in [0, 0.05) is 18.7 Å². The van der Waals surface area contributed by atoms with Crippen LogP contribution in [0.1, 0.15) is 33.1 Å². The van der Waals surface area contributed by atoms with Gasteiger partial charge in [-0.25, -0.2) is 0 Å². The Kier molecular flexibility index (Phi) is 5.10. The minimum Gasteiger partial charge on any atom is -0.378 e. The topological polar surface area (TPSA) is 47.3 Å². The highest BCUT2D eigenvalue weighted by Gasteiger charge is 2.34. The van der Waals surface area contributed by atoms with E-state index in [2.05, 4.69) is 24.1 Å². The quantitative estimate of drug-likeness (QED) is 0.677. The molecule has 3 nitrogen and oxygen atoms in total. The van der Waals surface area contributed by atoms with Crippen molar-refractivity contribution < 1.29 is 4.74 Å². The smallest absolute Gasteiger partial charge is 0.0590 e. The van der Waals surface area contributed by atoms with Gasteiger partial charge in [-0.1, -0.05) is 12.8 Å². The van der Waals surface area contributed by atoms with Crippen LogP contribution < -0.4 is 11.1 Å². The zero-order valence-electron chi connectivity index (χ0n) is 9.81. The number of nitrogens with one attached hydrogen (secondary N) is 1. The Labute approximate surface area is 92.8 Å². The van der Waals surface area contributed by atoms with Crippen molar-refractivity contribution in [2.45, 2.75) is 44.8 Å². The molecule has 3 heteroatoms. The van der Waals surface area contributed by atoms with Gasteiger partial charge in [0.2, 0.25) is 0 Å². The van der Waals surface area contributed by atoms with Crippen molar-refractivity contribution in [3.63, 3.8) is 0 Å². The maximum absolute atomic E-state index is 5.87. The lowest BCUT2D eigenvalue weighted by atomic mass is 9.86. The normalized spacial score (nSPS) is 30.7. The lowest BCUT2D eigenvalue weighted by Gasteiger charge is -2.40. The van der Waals surface area contributed by atoms with Gasteiger partial charge < -0.3 is 10.5 Å². The second-order valence-electron chi connectivity index (χ2n) is 4.12. The predicted molar refractivity (Wildman–Crippen MR) is 62.5 cm³/mol.